The second-order valence-corrected chi connectivity index (χ2v) is 8.30. The van der Waals surface area contributed by atoms with Crippen molar-refractivity contribution in [1.82, 2.24) is 4.90 Å². The van der Waals surface area contributed by atoms with Crippen LogP contribution in [0, 0.1) is 30.6 Å². The van der Waals surface area contributed by atoms with E-state index in [9.17, 15) is 14.4 Å². The molecular weight excluding hydrogens is 366 g/mol. The van der Waals surface area contributed by atoms with Gasteiger partial charge in [-0.15, -0.1) is 0 Å². The minimum atomic E-state index is -0.199. The summed E-state index contributed by atoms with van der Waals surface area (Å²) in [5.41, 5.74) is 2.89. The predicted octanol–water partition coefficient (Wildman–Crippen LogP) is 2.98. The fourth-order valence-corrected chi connectivity index (χ4v) is 5.18. The quantitative estimate of drug-likeness (QED) is 0.569. The van der Waals surface area contributed by atoms with Crippen molar-refractivity contribution in [1.29, 1.82) is 0 Å². The Morgan fingerprint density at radius 2 is 1.72 bits per heavy atom. The van der Waals surface area contributed by atoms with Gasteiger partial charge in [0, 0.05) is 37.4 Å². The average molecular weight is 396 g/mol. The summed E-state index contributed by atoms with van der Waals surface area (Å²) in [6, 6.07) is 5.99. The van der Waals surface area contributed by atoms with Crippen molar-refractivity contribution in [2.24, 2.45) is 23.7 Å². The maximum atomic E-state index is 12.7. The average Bonchev–Trinajstić information content (AvgIpc) is 3.38. The van der Waals surface area contributed by atoms with E-state index in [1.807, 2.05) is 19.1 Å². The number of carbonyl (C=O) groups excluding carboxylic acids is 3. The maximum absolute atomic E-state index is 12.7. The number of nitrogens with one attached hydrogen (secondary N) is 1. The Hall–Kier alpha value is -2.63. The van der Waals surface area contributed by atoms with E-state index in [0.717, 1.165) is 36.4 Å². The zero-order valence-corrected chi connectivity index (χ0v) is 17.4. The number of fused-ring (bicyclic) bond motifs is 5. The van der Waals surface area contributed by atoms with Crippen LogP contribution in [0.3, 0.4) is 0 Å². The van der Waals surface area contributed by atoms with Crippen molar-refractivity contribution >= 4 is 29.1 Å². The smallest absolute Gasteiger partial charge is 0.233 e. The highest BCUT2D eigenvalue weighted by atomic mass is 16.2. The zero-order valence-electron chi connectivity index (χ0n) is 17.4. The molecule has 0 aromatic heterocycles. The van der Waals surface area contributed by atoms with E-state index in [-0.39, 0.29) is 54.4 Å². The standard InChI is InChI=1S/C23H29N3O3/c1-4-25(5-2)17-8-9-18(14(3)12-17)24-19(27)10-11-26-22(28)20-15-6-7-16(13-15)21(20)23(26)29/h6-9,12,15-16,20-21H,4-5,10-11,13H2,1-3H3,(H,24,27)/t15-,16-,20-,21+/m0/s1. The first-order chi connectivity index (χ1) is 13.9. The van der Waals surface area contributed by atoms with Gasteiger partial charge in [-0.05, 0) is 62.8 Å². The van der Waals surface area contributed by atoms with E-state index in [1.165, 1.54) is 4.90 Å². The van der Waals surface area contributed by atoms with Gasteiger partial charge in [0.2, 0.25) is 17.7 Å². The number of nitrogens with zero attached hydrogens (tertiary/aromatic N) is 2. The Bertz CT molecular complexity index is 844. The molecule has 4 atom stereocenters. The first kappa shape index (κ1) is 19.7. The van der Waals surface area contributed by atoms with Crippen molar-refractivity contribution < 1.29 is 14.4 Å². The third kappa shape index (κ3) is 3.34. The SMILES string of the molecule is CCN(CC)c1ccc(NC(=O)CCN2C(=O)[C@@H]3[C@H](C2=O)[C@H]2C=C[C@H]3C2)c(C)c1. The normalized spacial score (nSPS) is 26.9. The van der Waals surface area contributed by atoms with Gasteiger partial charge in [-0.2, -0.15) is 0 Å². The molecule has 4 rings (SSSR count). The fraction of sp³-hybridized carbons (Fsp3) is 0.522. The van der Waals surface area contributed by atoms with Crippen molar-refractivity contribution in [3.63, 3.8) is 0 Å². The van der Waals surface area contributed by atoms with Crippen LogP contribution in [0.15, 0.2) is 30.4 Å². The molecule has 0 unspecified atom stereocenters. The molecule has 2 aliphatic carbocycles. The molecule has 3 aliphatic rings. The summed E-state index contributed by atoms with van der Waals surface area (Å²) in [5.74, 6) is -0.360. The molecule has 1 saturated carbocycles. The lowest BCUT2D eigenvalue weighted by Gasteiger charge is -2.22. The van der Waals surface area contributed by atoms with E-state index in [0.29, 0.717) is 0 Å². The number of allylic oxidation sites excluding steroid dienone is 2. The Morgan fingerprint density at radius 3 is 2.28 bits per heavy atom. The lowest BCUT2D eigenvalue weighted by molar-refractivity contribution is -0.140. The van der Waals surface area contributed by atoms with Crippen LogP contribution in [0.5, 0.6) is 0 Å². The third-order valence-electron chi connectivity index (χ3n) is 6.74. The number of hydrogen-bond donors (Lipinski definition) is 1. The van der Waals surface area contributed by atoms with Crippen LogP contribution < -0.4 is 10.2 Å². The van der Waals surface area contributed by atoms with Crippen LogP contribution in [0.4, 0.5) is 11.4 Å². The number of hydrogen-bond acceptors (Lipinski definition) is 4. The zero-order chi connectivity index (χ0) is 20.7. The van der Waals surface area contributed by atoms with Crippen LogP contribution in [0.1, 0.15) is 32.3 Å². The Balaban J connectivity index is 1.35. The Morgan fingerprint density at radius 1 is 1.10 bits per heavy atom. The van der Waals surface area contributed by atoms with Crippen molar-refractivity contribution in [3.05, 3.63) is 35.9 Å². The van der Waals surface area contributed by atoms with Gasteiger partial charge in [0.1, 0.15) is 0 Å². The molecule has 2 fully saturated rings. The van der Waals surface area contributed by atoms with E-state index in [4.69, 9.17) is 0 Å². The first-order valence-electron chi connectivity index (χ1n) is 10.6. The number of likely N-dealkylation sites (tertiary alicyclic amines) is 1. The van der Waals surface area contributed by atoms with Gasteiger partial charge in [0.25, 0.3) is 0 Å². The first-order valence-corrected chi connectivity index (χ1v) is 10.6. The number of imide groups is 1. The van der Waals surface area contributed by atoms with E-state index in [1.54, 1.807) is 0 Å². The monoisotopic (exact) mass is 395 g/mol. The molecule has 3 amide bonds. The van der Waals surface area contributed by atoms with Gasteiger partial charge in [-0.1, -0.05) is 12.2 Å². The Kier molecular flexibility index (Phi) is 5.19. The number of rotatable bonds is 7. The van der Waals surface area contributed by atoms with Gasteiger partial charge in [-0.25, -0.2) is 0 Å². The highest BCUT2D eigenvalue weighted by Gasteiger charge is 2.59. The van der Waals surface area contributed by atoms with Crippen LogP contribution in [0.25, 0.3) is 0 Å². The molecule has 1 N–H and O–H groups in total. The summed E-state index contributed by atoms with van der Waals surface area (Å²) >= 11 is 0. The molecule has 6 heteroatoms. The second-order valence-electron chi connectivity index (χ2n) is 8.30. The van der Waals surface area contributed by atoms with Crippen LogP contribution >= 0.6 is 0 Å². The number of anilines is 2. The summed E-state index contributed by atoms with van der Waals surface area (Å²) in [6.45, 7) is 8.22. The minimum absolute atomic E-state index is 0.0931. The fourth-order valence-electron chi connectivity index (χ4n) is 5.18. The summed E-state index contributed by atoms with van der Waals surface area (Å²) in [7, 11) is 0. The minimum Gasteiger partial charge on any atom is -0.372 e. The van der Waals surface area contributed by atoms with Crippen molar-refractivity contribution in [2.75, 3.05) is 29.9 Å². The molecule has 1 aliphatic heterocycles. The number of carbonyl (C=O) groups is 3. The molecule has 1 heterocycles. The van der Waals surface area contributed by atoms with Crippen LogP contribution in [0.2, 0.25) is 0 Å². The lowest BCUT2D eigenvalue weighted by atomic mass is 9.85. The molecule has 0 radical (unpaired) electrons. The molecule has 2 bridgehead atoms. The molecular formula is C23H29N3O3. The molecule has 1 aromatic carbocycles. The molecule has 1 saturated heterocycles. The number of amides is 3. The molecule has 6 nitrogen and oxygen atoms in total. The summed E-state index contributed by atoms with van der Waals surface area (Å²) in [6.07, 6.45) is 5.20. The largest absolute Gasteiger partial charge is 0.372 e. The highest BCUT2D eigenvalue weighted by Crippen LogP contribution is 2.52. The molecule has 0 spiro atoms. The van der Waals surface area contributed by atoms with E-state index >= 15 is 0 Å². The molecule has 29 heavy (non-hydrogen) atoms. The van der Waals surface area contributed by atoms with Gasteiger partial charge < -0.3 is 10.2 Å². The third-order valence-corrected chi connectivity index (χ3v) is 6.74. The summed E-state index contributed by atoms with van der Waals surface area (Å²) in [5, 5.41) is 2.93. The maximum Gasteiger partial charge on any atom is 0.233 e. The van der Waals surface area contributed by atoms with Crippen LogP contribution in [-0.4, -0.2) is 42.3 Å². The summed E-state index contributed by atoms with van der Waals surface area (Å²) < 4.78 is 0. The van der Waals surface area contributed by atoms with E-state index < -0.39 is 0 Å². The predicted molar refractivity (Wildman–Crippen MR) is 112 cm³/mol. The summed E-state index contributed by atoms with van der Waals surface area (Å²) in [4.78, 5) is 41.4. The molecule has 1 aromatic rings. The highest BCUT2D eigenvalue weighted by molar-refractivity contribution is 6.06. The van der Waals surface area contributed by atoms with Crippen LogP contribution in [-0.2, 0) is 14.4 Å². The number of aryl methyl sites for hydroxylation is 1. The van der Waals surface area contributed by atoms with Gasteiger partial charge in [-0.3, -0.25) is 19.3 Å². The van der Waals surface area contributed by atoms with Gasteiger partial charge in [0.05, 0.1) is 11.8 Å². The lowest BCUT2D eigenvalue weighted by Crippen LogP contribution is -2.35. The van der Waals surface area contributed by atoms with Crippen molar-refractivity contribution in [2.45, 2.75) is 33.6 Å². The van der Waals surface area contributed by atoms with E-state index in [2.05, 4.69) is 42.3 Å². The van der Waals surface area contributed by atoms with Crippen molar-refractivity contribution in [3.8, 4) is 0 Å². The number of benzene rings is 1. The molecule has 154 valence electrons. The van der Waals surface area contributed by atoms with Gasteiger partial charge in [0.15, 0.2) is 0 Å². The Labute approximate surface area is 171 Å². The topological polar surface area (TPSA) is 69.7 Å². The van der Waals surface area contributed by atoms with Gasteiger partial charge >= 0.3 is 0 Å². The second kappa shape index (κ2) is 7.65.